The fourth-order valence-electron chi connectivity index (χ4n) is 0.911. The van der Waals surface area contributed by atoms with Crippen molar-refractivity contribution in [3.8, 4) is 0 Å². The molecule has 1 aromatic carbocycles. The van der Waals surface area contributed by atoms with Gasteiger partial charge >= 0.3 is 0 Å². The van der Waals surface area contributed by atoms with E-state index in [9.17, 15) is 4.79 Å². The fraction of sp³-hybridized carbons (Fsp3) is 0.100. The number of hydrogen-bond acceptors (Lipinski definition) is 1. The van der Waals surface area contributed by atoms with E-state index in [1.165, 1.54) is 0 Å². The average Bonchev–Trinajstić information content (AvgIpc) is 2.13. The van der Waals surface area contributed by atoms with Gasteiger partial charge in [0.15, 0.2) is 0 Å². The van der Waals surface area contributed by atoms with Crippen LogP contribution in [0.5, 0.6) is 0 Å². The van der Waals surface area contributed by atoms with Crippen molar-refractivity contribution in [2.24, 2.45) is 0 Å². The Morgan fingerprint density at radius 2 is 2.08 bits per heavy atom. The quantitative estimate of drug-likeness (QED) is 0.544. The van der Waals surface area contributed by atoms with Crippen LogP contribution < -0.4 is 0 Å². The minimum Gasteiger partial charge on any atom is -0.298 e. The molecule has 0 bridgehead atoms. The zero-order chi connectivity index (χ0) is 9.84. The van der Waals surface area contributed by atoms with E-state index in [0.717, 1.165) is 11.8 Å². The van der Waals surface area contributed by atoms with E-state index in [1.54, 1.807) is 31.2 Å². The number of hydrogen-bond donors (Lipinski definition) is 0. The van der Waals surface area contributed by atoms with E-state index in [0.29, 0.717) is 15.6 Å². The van der Waals surface area contributed by atoms with E-state index in [1.807, 2.05) is 0 Å². The Morgan fingerprint density at radius 1 is 1.38 bits per heavy atom. The lowest BCUT2D eigenvalue weighted by Gasteiger charge is -2.00. The number of carbonyl (C=O) groups excluding carboxylic acids is 1. The van der Waals surface area contributed by atoms with Crippen molar-refractivity contribution in [1.29, 1.82) is 0 Å². The molecule has 13 heavy (non-hydrogen) atoms. The predicted octanol–water partition coefficient (Wildman–Crippen LogP) is 3.60. The molecule has 0 heterocycles. The van der Waals surface area contributed by atoms with Crippen LogP contribution in [0.2, 0.25) is 10.0 Å². The maximum atomic E-state index is 10.4. The molecule has 0 fully saturated rings. The summed E-state index contributed by atoms with van der Waals surface area (Å²) in [5.74, 6) is 0. The standard InChI is InChI=1S/C10H8Cl2O/c1-7(6-13)5-8-3-2-4-9(11)10(8)12/h2-6H,1H3. The summed E-state index contributed by atoms with van der Waals surface area (Å²) in [4.78, 5) is 10.4. The smallest absolute Gasteiger partial charge is 0.145 e. The maximum absolute atomic E-state index is 10.4. The Hall–Kier alpha value is -0.790. The van der Waals surface area contributed by atoms with Crippen molar-refractivity contribution in [3.63, 3.8) is 0 Å². The third-order valence-electron chi connectivity index (χ3n) is 1.55. The first-order chi connectivity index (χ1) is 6.15. The van der Waals surface area contributed by atoms with Crippen molar-refractivity contribution in [1.82, 2.24) is 0 Å². The Kier molecular flexibility index (Phi) is 3.52. The van der Waals surface area contributed by atoms with E-state index >= 15 is 0 Å². The minimum atomic E-state index is 0.477. The predicted molar refractivity (Wildman–Crippen MR) is 56.2 cm³/mol. The van der Waals surface area contributed by atoms with Gasteiger partial charge in [-0.2, -0.15) is 0 Å². The first-order valence-electron chi connectivity index (χ1n) is 3.72. The van der Waals surface area contributed by atoms with Crippen LogP contribution in [0.15, 0.2) is 23.8 Å². The number of halogens is 2. The average molecular weight is 215 g/mol. The molecule has 68 valence electrons. The normalized spacial score (nSPS) is 11.5. The van der Waals surface area contributed by atoms with Gasteiger partial charge in [-0.05, 0) is 30.2 Å². The highest BCUT2D eigenvalue weighted by Gasteiger charge is 2.01. The number of benzene rings is 1. The largest absolute Gasteiger partial charge is 0.298 e. The molecule has 3 heteroatoms. The third-order valence-corrected chi connectivity index (χ3v) is 2.38. The van der Waals surface area contributed by atoms with Crippen LogP contribution >= 0.6 is 23.2 Å². The highest BCUT2D eigenvalue weighted by atomic mass is 35.5. The fourth-order valence-corrected chi connectivity index (χ4v) is 1.27. The molecule has 0 atom stereocenters. The second kappa shape index (κ2) is 4.45. The molecule has 0 aliphatic heterocycles. The summed E-state index contributed by atoms with van der Waals surface area (Å²) in [5, 5.41) is 0.972. The molecule has 1 nitrogen and oxygen atoms in total. The Balaban J connectivity index is 3.16. The molecule has 0 spiro atoms. The lowest BCUT2D eigenvalue weighted by molar-refractivity contribution is -0.104. The zero-order valence-electron chi connectivity index (χ0n) is 7.05. The summed E-state index contributed by atoms with van der Waals surface area (Å²) in [5.41, 5.74) is 1.38. The molecule has 1 aromatic rings. The van der Waals surface area contributed by atoms with E-state index in [-0.39, 0.29) is 0 Å². The molecule has 0 amide bonds. The molecule has 0 saturated carbocycles. The van der Waals surface area contributed by atoms with Gasteiger partial charge in [0, 0.05) is 0 Å². The highest BCUT2D eigenvalue weighted by molar-refractivity contribution is 6.42. The molecule has 0 aliphatic rings. The zero-order valence-corrected chi connectivity index (χ0v) is 8.56. The summed E-state index contributed by atoms with van der Waals surface area (Å²) in [6.45, 7) is 1.71. The third kappa shape index (κ3) is 2.58. The Bertz CT molecular complexity index is 356. The first kappa shape index (κ1) is 10.3. The van der Waals surface area contributed by atoms with Crippen molar-refractivity contribution in [2.45, 2.75) is 6.92 Å². The van der Waals surface area contributed by atoms with Crippen molar-refractivity contribution >= 4 is 35.6 Å². The van der Waals surface area contributed by atoms with Crippen LogP contribution in [0, 0.1) is 0 Å². The van der Waals surface area contributed by atoms with Crippen LogP contribution in [-0.4, -0.2) is 6.29 Å². The van der Waals surface area contributed by atoms with E-state index in [4.69, 9.17) is 23.2 Å². The number of carbonyl (C=O) groups is 1. The van der Waals surface area contributed by atoms with Gasteiger partial charge in [-0.15, -0.1) is 0 Å². The molecule has 0 N–H and O–H groups in total. The summed E-state index contributed by atoms with van der Waals surface area (Å²) in [6, 6.07) is 5.30. The van der Waals surface area contributed by atoms with Gasteiger partial charge in [-0.3, -0.25) is 4.79 Å². The molecular formula is C10H8Cl2O. The van der Waals surface area contributed by atoms with E-state index < -0.39 is 0 Å². The first-order valence-corrected chi connectivity index (χ1v) is 4.48. The molecule has 0 aromatic heterocycles. The molecule has 0 aliphatic carbocycles. The molecule has 1 rings (SSSR count). The summed E-state index contributed by atoms with van der Waals surface area (Å²) in [6.07, 6.45) is 2.47. The van der Waals surface area contributed by atoms with Gasteiger partial charge in [0.1, 0.15) is 6.29 Å². The Labute approximate surface area is 87.0 Å². The molecular weight excluding hydrogens is 207 g/mol. The van der Waals surface area contributed by atoms with Crippen molar-refractivity contribution in [3.05, 3.63) is 39.4 Å². The summed E-state index contributed by atoms with van der Waals surface area (Å²) in [7, 11) is 0. The van der Waals surface area contributed by atoms with Crippen LogP contribution in [0.25, 0.3) is 6.08 Å². The molecule has 0 unspecified atom stereocenters. The minimum absolute atomic E-state index is 0.477. The highest BCUT2D eigenvalue weighted by Crippen LogP contribution is 2.26. The van der Waals surface area contributed by atoms with Gasteiger partial charge in [0.25, 0.3) is 0 Å². The second-order valence-electron chi connectivity index (χ2n) is 2.65. The van der Waals surface area contributed by atoms with Gasteiger partial charge in [0.05, 0.1) is 10.0 Å². The lowest BCUT2D eigenvalue weighted by Crippen LogP contribution is -1.80. The topological polar surface area (TPSA) is 17.1 Å². The van der Waals surface area contributed by atoms with E-state index in [2.05, 4.69) is 0 Å². The van der Waals surface area contributed by atoms with Gasteiger partial charge in [-0.25, -0.2) is 0 Å². The number of rotatable bonds is 2. The van der Waals surface area contributed by atoms with Crippen molar-refractivity contribution < 1.29 is 4.79 Å². The summed E-state index contributed by atoms with van der Waals surface area (Å²) < 4.78 is 0. The number of aldehydes is 1. The van der Waals surface area contributed by atoms with Crippen LogP contribution in [0.1, 0.15) is 12.5 Å². The monoisotopic (exact) mass is 214 g/mol. The summed E-state index contributed by atoms with van der Waals surface area (Å²) >= 11 is 11.7. The maximum Gasteiger partial charge on any atom is 0.145 e. The van der Waals surface area contributed by atoms with Gasteiger partial charge < -0.3 is 0 Å². The molecule has 0 saturated heterocycles. The number of allylic oxidation sites excluding steroid dienone is 1. The van der Waals surface area contributed by atoms with Crippen molar-refractivity contribution in [2.75, 3.05) is 0 Å². The van der Waals surface area contributed by atoms with Crippen LogP contribution in [-0.2, 0) is 4.79 Å². The van der Waals surface area contributed by atoms with Crippen LogP contribution in [0.4, 0.5) is 0 Å². The van der Waals surface area contributed by atoms with Gasteiger partial charge in [0.2, 0.25) is 0 Å². The SMILES string of the molecule is CC(C=O)=Cc1cccc(Cl)c1Cl. The lowest BCUT2D eigenvalue weighted by atomic mass is 10.1. The second-order valence-corrected chi connectivity index (χ2v) is 3.43. The van der Waals surface area contributed by atoms with Crippen LogP contribution in [0.3, 0.4) is 0 Å². The van der Waals surface area contributed by atoms with Gasteiger partial charge in [-0.1, -0.05) is 35.3 Å². The Morgan fingerprint density at radius 3 is 2.69 bits per heavy atom. The molecule has 0 radical (unpaired) electrons.